The van der Waals surface area contributed by atoms with Gasteiger partial charge in [-0.25, -0.2) is 0 Å². The van der Waals surface area contributed by atoms with Crippen LogP contribution < -0.4 is 5.32 Å². The SMILES string of the molecule is CN(C)CC(=O)N1CC[C@H]2CC[C@@H](C1)N2. The van der Waals surface area contributed by atoms with Crippen molar-refractivity contribution >= 4 is 5.91 Å². The van der Waals surface area contributed by atoms with Crippen LogP contribution in [0.4, 0.5) is 0 Å². The zero-order valence-corrected chi connectivity index (χ0v) is 9.70. The first-order valence-corrected chi connectivity index (χ1v) is 5.83. The molecule has 0 aromatic rings. The van der Waals surface area contributed by atoms with Crippen LogP contribution in [0.5, 0.6) is 0 Å². The summed E-state index contributed by atoms with van der Waals surface area (Å²) < 4.78 is 0. The maximum atomic E-state index is 11.9. The van der Waals surface area contributed by atoms with Crippen LogP contribution in [-0.4, -0.2) is 61.5 Å². The number of hydrogen-bond acceptors (Lipinski definition) is 3. The van der Waals surface area contributed by atoms with Gasteiger partial charge in [0.25, 0.3) is 0 Å². The third-order valence-corrected chi connectivity index (χ3v) is 3.33. The summed E-state index contributed by atoms with van der Waals surface area (Å²) in [5, 5.41) is 3.58. The first-order valence-electron chi connectivity index (χ1n) is 5.83. The second-order valence-corrected chi connectivity index (χ2v) is 5.00. The van der Waals surface area contributed by atoms with E-state index in [1.165, 1.54) is 12.8 Å². The number of nitrogens with one attached hydrogen (secondary N) is 1. The zero-order valence-electron chi connectivity index (χ0n) is 9.70. The molecular weight excluding hydrogens is 190 g/mol. The number of carbonyl (C=O) groups is 1. The molecule has 0 spiro atoms. The Hall–Kier alpha value is -0.610. The number of likely N-dealkylation sites (tertiary alicyclic amines) is 1. The predicted octanol–water partition coefficient (Wildman–Crippen LogP) is -0.0991. The van der Waals surface area contributed by atoms with Crippen molar-refractivity contribution < 1.29 is 4.79 Å². The van der Waals surface area contributed by atoms with Gasteiger partial charge in [-0.05, 0) is 33.4 Å². The highest BCUT2D eigenvalue weighted by molar-refractivity contribution is 5.78. The van der Waals surface area contributed by atoms with E-state index in [0.29, 0.717) is 18.6 Å². The molecule has 0 aromatic heterocycles. The van der Waals surface area contributed by atoms with Gasteiger partial charge in [0.2, 0.25) is 5.91 Å². The van der Waals surface area contributed by atoms with Gasteiger partial charge in [-0.3, -0.25) is 4.79 Å². The normalized spacial score (nSPS) is 30.7. The highest BCUT2D eigenvalue weighted by Gasteiger charge is 2.30. The van der Waals surface area contributed by atoms with Gasteiger partial charge in [0.1, 0.15) is 0 Å². The topological polar surface area (TPSA) is 35.6 Å². The predicted molar refractivity (Wildman–Crippen MR) is 59.7 cm³/mol. The van der Waals surface area contributed by atoms with Crippen LogP contribution in [0.1, 0.15) is 19.3 Å². The number of rotatable bonds is 2. The van der Waals surface area contributed by atoms with E-state index in [-0.39, 0.29) is 5.91 Å². The van der Waals surface area contributed by atoms with Crippen LogP contribution in [-0.2, 0) is 4.79 Å². The Balaban J connectivity index is 1.90. The lowest BCUT2D eigenvalue weighted by Crippen LogP contribution is -2.42. The molecule has 2 bridgehead atoms. The first kappa shape index (κ1) is 10.9. The van der Waals surface area contributed by atoms with E-state index in [0.717, 1.165) is 19.5 Å². The third kappa shape index (κ3) is 2.69. The molecule has 1 N–H and O–H groups in total. The standard InChI is InChI=1S/C11H21N3O/c1-13(2)8-11(15)14-6-5-9-3-4-10(7-14)12-9/h9-10,12H,3-8H2,1-2H3/t9-,10+/m1/s1. The number of nitrogens with zero attached hydrogens (tertiary/aromatic N) is 2. The van der Waals surface area contributed by atoms with Gasteiger partial charge in [-0.15, -0.1) is 0 Å². The zero-order chi connectivity index (χ0) is 10.8. The molecule has 0 radical (unpaired) electrons. The van der Waals surface area contributed by atoms with Crippen molar-refractivity contribution in [3.8, 4) is 0 Å². The van der Waals surface area contributed by atoms with Crippen molar-refractivity contribution in [2.45, 2.75) is 31.3 Å². The Labute approximate surface area is 91.6 Å². The summed E-state index contributed by atoms with van der Waals surface area (Å²) in [5.74, 6) is 0.273. The van der Waals surface area contributed by atoms with E-state index < -0.39 is 0 Å². The van der Waals surface area contributed by atoms with Crippen LogP contribution in [0.25, 0.3) is 0 Å². The van der Waals surface area contributed by atoms with Crippen molar-refractivity contribution in [1.29, 1.82) is 0 Å². The molecule has 0 saturated carbocycles. The Morgan fingerprint density at radius 2 is 2.07 bits per heavy atom. The van der Waals surface area contributed by atoms with Gasteiger partial charge in [-0.1, -0.05) is 0 Å². The van der Waals surface area contributed by atoms with Crippen molar-refractivity contribution in [2.75, 3.05) is 33.7 Å². The van der Waals surface area contributed by atoms with Crippen molar-refractivity contribution in [2.24, 2.45) is 0 Å². The molecular formula is C11H21N3O. The molecule has 2 fully saturated rings. The Morgan fingerprint density at radius 3 is 2.80 bits per heavy atom. The van der Waals surface area contributed by atoms with Crippen molar-refractivity contribution in [3.63, 3.8) is 0 Å². The van der Waals surface area contributed by atoms with E-state index in [1.807, 2.05) is 23.9 Å². The van der Waals surface area contributed by atoms with E-state index in [2.05, 4.69) is 5.32 Å². The number of amides is 1. The summed E-state index contributed by atoms with van der Waals surface area (Å²) in [6.07, 6.45) is 3.65. The van der Waals surface area contributed by atoms with Crippen LogP contribution in [0.2, 0.25) is 0 Å². The highest BCUT2D eigenvalue weighted by atomic mass is 16.2. The number of carbonyl (C=O) groups excluding carboxylic acids is 1. The molecule has 2 atom stereocenters. The van der Waals surface area contributed by atoms with Crippen LogP contribution in [0.15, 0.2) is 0 Å². The van der Waals surface area contributed by atoms with Gasteiger partial charge in [-0.2, -0.15) is 0 Å². The van der Waals surface area contributed by atoms with Crippen LogP contribution in [0.3, 0.4) is 0 Å². The Morgan fingerprint density at radius 1 is 1.33 bits per heavy atom. The number of likely N-dealkylation sites (N-methyl/N-ethyl adjacent to an activating group) is 1. The van der Waals surface area contributed by atoms with E-state index >= 15 is 0 Å². The molecule has 2 aliphatic heterocycles. The lowest BCUT2D eigenvalue weighted by atomic mass is 10.1. The molecule has 15 heavy (non-hydrogen) atoms. The van der Waals surface area contributed by atoms with Crippen molar-refractivity contribution in [1.82, 2.24) is 15.1 Å². The van der Waals surface area contributed by atoms with Gasteiger partial charge >= 0.3 is 0 Å². The summed E-state index contributed by atoms with van der Waals surface area (Å²) in [5.41, 5.74) is 0. The second-order valence-electron chi connectivity index (χ2n) is 5.00. The van der Waals surface area contributed by atoms with E-state index in [9.17, 15) is 4.79 Å². The molecule has 0 unspecified atom stereocenters. The number of fused-ring (bicyclic) bond motifs is 2. The summed E-state index contributed by atoms with van der Waals surface area (Å²) >= 11 is 0. The molecule has 1 amide bonds. The fourth-order valence-corrected chi connectivity index (χ4v) is 2.54. The molecule has 0 aromatic carbocycles. The summed E-state index contributed by atoms with van der Waals surface area (Å²) in [4.78, 5) is 15.9. The average Bonchev–Trinajstić information content (AvgIpc) is 2.44. The van der Waals surface area contributed by atoms with Gasteiger partial charge in [0, 0.05) is 25.2 Å². The molecule has 86 valence electrons. The lowest BCUT2D eigenvalue weighted by molar-refractivity contribution is -0.132. The molecule has 2 heterocycles. The van der Waals surface area contributed by atoms with E-state index in [1.54, 1.807) is 0 Å². The lowest BCUT2D eigenvalue weighted by Gasteiger charge is -2.25. The summed E-state index contributed by atoms with van der Waals surface area (Å²) in [6, 6.07) is 1.20. The quantitative estimate of drug-likeness (QED) is 0.693. The molecule has 4 heteroatoms. The Kier molecular flexibility index (Phi) is 3.26. The van der Waals surface area contributed by atoms with Gasteiger partial charge in [0.05, 0.1) is 6.54 Å². The van der Waals surface area contributed by atoms with Crippen LogP contribution >= 0.6 is 0 Å². The maximum absolute atomic E-state index is 11.9. The van der Waals surface area contributed by atoms with Gasteiger partial charge in [0.15, 0.2) is 0 Å². The highest BCUT2D eigenvalue weighted by Crippen LogP contribution is 2.20. The molecule has 2 saturated heterocycles. The minimum atomic E-state index is 0.273. The smallest absolute Gasteiger partial charge is 0.236 e. The average molecular weight is 211 g/mol. The monoisotopic (exact) mass is 211 g/mol. The Bertz CT molecular complexity index is 242. The largest absolute Gasteiger partial charge is 0.340 e. The molecule has 0 aliphatic carbocycles. The van der Waals surface area contributed by atoms with Gasteiger partial charge < -0.3 is 15.1 Å². The minimum Gasteiger partial charge on any atom is -0.340 e. The molecule has 2 rings (SSSR count). The number of hydrogen-bond donors (Lipinski definition) is 1. The summed E-state index contributed by atoms with van der Waals surface area (Å²) in [6.45, 7) is 2.38. The third-order valence-electron chi connectivity index (χ3n) is 3.33. The van der Waals surface area contributed by atoms with Crippen LogP contribution in [0, 0.1) is 0 Å². The summed E-state index contributed by atoms with van der Waals surface area (Å²) in [7, 11) is 3.89. The fourth-order valence-electron chi connectivity index (χ4n) is 2.54. The fraction of sp³-hybridized carbons (Fsp3) is 0.909. The van der Waals surface area contributed by atoms with E-state index in [4.69, 9.17) is 0 Å². The maximum Gasteiger partial charge on any atom is 0.236 e. The molecule has 4 nitrogen and oxygen atoms in total. The second kappa shape index (κ2) is 4.49. The minimum absolute atomic E-state index is 0.273. The first-order chi connectivity index (χ1) is 7.15. The van der Waals surface area contributed by atoms with Crippen molar-refractivity contribution in [3.05, 3.63) is 0 Å². The molecule has 2 aliphatic rings.